The molecule has 3 aliphatic rings. The number of ether oxygens (including phenoxy) is 1. The Hall–Kier alpha value is -2.45. The quantitative estimate of drug-likeness (QED) is 0.592. The molecule has 0 radical (unpaired) electrons. The highest BCUT2D eigenvalue weighted by Gasteiger charge is 2.74. The summed E-state index contributed by atoms with van der Waals surface area (Å²) in [4.78, 5) is 41.7. The average molecular weight is 444 g/mol. The highest BCUT2D eigenvalue weighted by Crippen LogP contribution is 2.58. The molecule has 174 valence electrons. The van der Waals surface area contributed by atoms with Crippen molar-refractivity contribution >= 4 is 23.4 Å². The van der Waals surface area contributed by atoms with Gasteiger partial charge in [-0.1, -0.05) is 19.1 Å². The van der Waals surface area contributed by atoms with Gasteiger partial charge in [0.25, 0.3) is 0 Å². The summed E-state index contributed by atoms with van der Waals surface area (Å²) in [7, 11) is 0. The van der Waals surface area contributed by atoms with Crippen molar-refractivity contribution < 1.29 is 24.2 Å². The van der Waals surface area contributed by atoms with E-state index < -0.39 is 29.5 Å². The van der Waals surface area contributed by atoms with Crippen LogP contribution in [0.3, 0.4) is 0 Å². The summed E-state index contributed by atoms with van der Waals surface area (Å²) in [6, 6.07) is 4.33. The molecule has 4 rings (SSSR count). The molecule has 8 heteroatoms. The summed E-state index contributed by atoms with van der Waals surface area (Å²) < 4.78 is 6.35. The van der Waals surface area contributed by atoms with Gasteiger partial charge in [0.05, 0.1) is 30.6 Å². The Kier molecular flexibility index (Phi) is 6.02. The number of aliphatic hydroxyl groups excluding tert-OH is 1. The number of amides is 3. The third-order valence-electron chi connectivity index (χ3n) is 7.23. The second-order valence-corrected chi connectivity index (χ2v) is 9.43. The number of hydrogen-bond donors (Lipinski definition) is 3. The van der Waals surface area contributed by atoms with E-state index in [0.717, 1.165) is 17.5 Å². The van der Waals surface area contributed by atoms with Crippen molar-refractivity contribution in [3.8, 4) is 0 Å². The first-order valence-electron chi connectivity index (χ1n) is 11.5. The van der Waals surface area contributed by atoms with Crippen molar-refractivity contribution in [1.82, 2.24) is 10.2 Å². The molecule has 3 amide bonds. The molecule has 1 aromatic carbocycles. The van der Waals surface area contributed by atoms with Crippen molar-refractivity contribution in [2.24, 2.45) is 11.8 Å². The van der Waals surface area contributed by atoms with E-state index in [9.17, 15) is 19.5 Å². The number of carbonyl (C=O) groups excluding carboxylic acids is 3. The third-order valence-corrected chi connectivity index (χ3v) is 7.23. The van der Waals surface area contributed by atoms with E-state index >= 15 is 0 Å². The first-order valence-corrected chi connectivity index (χ1v) is 11.5. The van der Waals surface area contributed by atoms with Crippen LogP contribution in [0.15, 0.2) is 18.2 Å². The molecule has 3 aliphatic heterocycles. The van der Waals surface area contributed by atoms with E-state index in [0.29, 0.717) is 25.1 Å². The average Bonchev–Trinajstić information content (AvgIpc) is 3.41. The van der Waals surface area contributed by atoms with Crippen molar-refractivity contribution in [2.45, 2.75) is 70.7 Å². The minimum absolute atomic E-state index is 0.191. The molecule has 8 nitrogen and oxygen atoms in total. The SMILES string of the molecule is CCCNC(=O)[C@@H]1[C@@H]2CCC3(O2)C(C(=O)Nc2cc(C)ccc2C)N([C@H](C)CO)C(=O)[C@H]13. The van der Waals surface area contributed by atoms with E-state index in [-0.39, 0.29) is 30.4 Å². The van der Waals surface area contributed by atoms with Crippen LogP contribution in [0.1, 0.15) is 44.2 Å². The fraction of sp³-hybridized carbons (Fsp3) is 0.625. The Morgan fingerprint density at radius 2 is 2.06 bits per heavy atom. The lowest BCUT2D eigenvalue weighted by Gasteiger charge is -2.35. The molecule has 0 saturated carbocycles. The van der Waals surface area contributed by atoms with Crippen LogP contribution >= 0.6 is 0 Å². The van der Waals surface area contributed by atoms with Gasteiger partial charge >= 0.3 is 0 Å². The maximum absolute atomic E-state index is 13.7. The predicted molar refractivity (Wildman–Crippen MR) is 119 cm³/mol. The zero-order valence-electron chi connectivity index (χ0n) is 19.2. The second-order valence-electron chi connectivity index (χ2n) is 9.43. The fourth-order valence-electron chi connectivity index (χ4n) is 5.69. The van der Waals surface area contributed by atoms with Crippen LogP contribution in [0.25, 0.3) is 0 Å². The summed E-state index contributed by atoms with van der Waals surface area (Å²) in [5.41, 5.74) is 1.55. The zero-order valence-corrected chi connectivity index (χ0v) is 19.2. The first-order chi connectivity index (χ1) is 15.2. The number of likely N-dealkylation sites (tertiary alicyclic amines) is 1. The minimum atomic E-state index is -1.05. The monoisotopic (exact) mass is 443 g/mol. The number of nitrogens with one attached hydrogen (secondary N) is 2. The first kappa shape index (κ1) is 22.7. The molecule has 32 heavy (non-hydrogen) atoms. The van der Waals surface area contributed by atoms with Gasteiger partial charge in [0, 0.05) is 12.2 Å². The van der Waals surface area contributed by atoms with Gasteiger partial charge in [0.2, 0.25) is 17.7 Å². The van der Waals surface area contributed by atoms with Gasteiger partial charge in [-0.05, 0) is 57.2 Å². The smallest absolute Gasteiger partial charge is 0.250 e. The van der Waals surface area contributed by atoms with E-state index in [2.05, 4.69) is 10.6 Å². The highest BCUT2D eigenvalue weighted by molar-refractivity contribution is 6.04. The highest BCUT2D eigenvalue weighted by atomic mass is 16.5. The number of fused-ring (bicyclic) bond motifs is 1. The van der Waals surface area contributed by atoms with Crippen LogP contribution in [0.2, 0.25) is 0 Å². The minimum Gasteiger partial charge on any atom is -0.394 e. The lowest BCUT2D eigenvalue weighted by atomic mass is 9.70. The standard InChI is InChI=1S/C24H33N3O5/c1-5-10-25-21(29)18-17-8-9-24(32-17)19(18)23(31)27(15(4)12-28)20(24)22(30)26-16-11-13(2)6-7-14(16)3/h6-7,11,15,17-20,28H,5,8-10,12H2,1-4H3,(H,25,29)(H,26,30)/t15-,17+,18-,19+,20?,24?/m1/s1. The van der Waals surface area contributed by atoms with Gasteiger partial charge in [-0.2, -0.15) is 0 Å². The summed E-state index contributed by atoms with van der Waals surface area (Å²) in [6.07, 6.45) is 1.58. The lowest BCUT2D eigenvalue weighted by molar-refractivity contribution is -0.143. The van der Waals surface area contributed by atoms with Crippen molar-refractivity contribution in [3.05, 3.63) is 29.3 Å². The van der Waals surface area contributed by atoms with Crippen LogP contribution < -0.4 is 10.6 Å². The van der Waals surface area contributed by atoms with Crippen LogP contribution in [-0.2, 0) is 19.1 Å². The Bertz CT molecular complexity index is 934. The number of hydrogen-bond acceptors (Lipinski definition) is 5. The summed E-state index contributed by atoms with van der Waals surface area (Å²) in [5, 5.41) is 15.8. The molecular formula is C24H33N3O5. The van der Waals surface area contributed by atoms with Gasteiger partial charge < -0.3 is 25.4 Å². The van der Waals surface area contributed by atoms with E-state index in [4.69, 9.17) is 4.74 Å². The van der Waals surface area contributed by atoms with Gasteiger partial charge in [-0.25, -0.2) is 0 Å². The molecule has 1 aromatic rings. The molecule has 6 atom stereocenters. The molecule has 1 spiro atoms. The van der Waals surface area contributed by atoms with Gasteiger partial charge in [0.1, 0.15) is 11.6 Å². The zero-order chi connectivity index (χ0) is 23.2. The van der Waals surface area contributed by atoms with Crippen molar-refractivity contribution in [1.29, 1.82) is 0 Å². The summed E-state index contributed by atoms with van der Waals surface area (Å²) in [6.45, 7) is 7.80. The van der Waals surface area contributed by atoms with Crippen LogP contribution in [0, 0.1) is 25.7 Å². The number of aliphatic hydroxyl groups is 1. The van der Waals surface area contributed by atoms with Gasteiger partial charge in [-0.3, -0.25) is 14.4 Å². The van der Waals surface area contributed by atoms with Crippen molar-refractivity contribution in [3.63, 3.8) is 0 Å². The molecule has 3 fully saturated rings. The lowest BCUT2D eigenvalue weighted by Crippen LogP contribution is -2.55. The molecule has 3 heterocycles. The topological polar surface area (TPSA) is 108 Å². The number of rotatable bonds is 7. The molecule has 0 aromatic heterocycles. The van der Waals surface area contributed by atoms with Crippen molar-refractivity contribution in [2.75, 3.05) is 18.5 Å². The van der Waals surface area contributed by atoms with E-state index in [1.165, 1.54) is 4.90 Å². The van der Waals surface area contributed by atoms with Gasteiger partial charge in [0.15, 0.2) is 0 Å². The maximum atomic E-state index is 13.7. The van der Waals surface area contributed by atoms with E-state index in [1.807, 2.05) is 39.0 Å². The largest absolute Gasteiger partial charge is 0.394 e. The predicted octanol–water partition coefficient (Wildman–Crippen LogP) is 1.52. The second kappa shape index (κ2) is 8.48. The maximum Gasteiger partial charge on any atom is 0.250 e. The summed E-state index contributed by atoms with van der Waals surface area (Å²) >= 11 is 0. The molecule has 3 N–H and O–H groups in total. The number of aryl methyl sites for hydroxylation is 2. The van der Waals surface area contributed by atoms with Gasteiger partial charge in [-0.15, -0.1) is 0 Å². The molecule has 0 aliphatic carbocycles. The Balaban J connectivity index is 1.70. The third kappa shape index (κ3) is 3.40. The number of carbonyl (C=O) groups is 3. The Labute approximate surface area is 188 Å². The fourth-order valence-corrected chi connectivity index (χ4v) is 5.69. The van der Waals surface area contributed by atoms with Crippen LogP contribution in [-0.4, -0.2) is 64.7 Å². The molecular weight excluding hydrogens is 410 g/mol. The summed E-state index contributed by atoms with van der Waals surface area (Å²) in [5.74, 6) is -2.16. The van der Waals surface area contributed by atoms with Crippen LogP contribution in [0.5, 0.6) is 0 Å². The molecule has 2 unspecified atom stereocenters. The van der Waals surface area contributed by atoms with Crippen LogP contribution in [0.4, 0.5) is 5.69 Å². The number of anilines is 1. The Morgan fingerprint density at radius 3 is 2.75 bits per heavy atom. The normalized spacial score (nSPS) is 31.5. The number of nitrogens with zero attached hydrogens (tertiary/aromatic N) is 1. The van der Waals surface area contributed by atoms with E-state index in [1.54, 1.807) is 6.92 Å². The molecule has 3 saturated heterocycles. The Morgan fingerprint density at radius 1 is 1.31 bits per heavy atom. The number of benzene rings is 1. The molecule has 2 bridgehead atoms.